The zero-order valence-electron chi connectivity index (χ0n) is 12.4. The number of hydrogen-bond donors (Lipinski definition) is 2. The van der Waals surface area contributed by atoms with Gasteiger partial charge >= 0.3 is 0 Å². The standard InChI is InChI=1S/C15H12ClN3O3S2/c1-24(21,22)18-13-7-6-9(8-11(13)16)19-14(20)10-4-2-3-5-12(10)17-15(19)23/h2-8,18H,1H3,(H,17,23). The van der Waals surface area contributed by atoms with Crippen LogP contribution in [-0.2, 0) is 10.0 Å². The molecule has 1 aromatic heterocycles. The van der Waals surface area contributed by atoms with Crippen molar-refractivity contribution in [2.24, 2.45) is 0 Å². The topological polar surface area (TPSA) is 84.0 Å². The third kappa shape index (κ3) is 3.21. The Kier molecular flexibility index (Phi) is 4.20. The molecule has 2 N–H and O–H groups in total. The summed E-state index contributed by atoms with van der Waals surface area (Å²) in [6, 6.07) is 11.6. The van der Waals surface area contributed by atoms with Crippen LogP contribution < -0.4 is 10.3 Å². The molecule has 0 aliphatic carbocycles. The lowest BCUT2D eigenvalue weighted by atomic mass is 10.2. The van der Waals surface area contributed by atoms with Crippen molar-refractivity contribution in [1.29, 1.82) is 0 Å². The van der Waals surface area contributed by atoms with Gasteiger partial charge in [0.25, 0.3) is 5.56 Å². The molecule has 24 heavy (non-hydrogen) atoms. The van der Waals surface area contributed by atoms with E-state index >= 15 is 0 Å². The van der Waals surface area contributed by atoms with Gasteiger partial charge in [-0.2, -0.15) is 0 Å². The van der Waals surface area contributed by atoms with E-state index in [1.54, 1.807) is 30.3 Å². The second kappa shape index (κ2) is 6.04. The number of H-pyrrole nitrogens is 1. The average Bonchev–Trinajstić information content (AvgIpc) is 2.49. The SMILES string of the molecule is CS(=O)(=O)Nc1ccc(-n2c(=S)[nH]c3ccccc3c2=O)cc1Cl. The Labute approximate surface area is 147 Å². The molecule has 3 rings (SSSR count). The van der Waals surface area contributed by atoms with Crippen LogP contribution in [0.15, 0.2) is 47.3 Å². The number of nitrogens with zero attached hydrogens (tertiary/aromatic N) is 1. The zero-order chi connectivity index (χ0) is 17.5. The van der Waals surface area contributed by atoms with Gasteiger partial charge < -0.3 is 4.98 Å². The van der Waals surface area contributed by atoms with Gasteiger partial charge in [-0.3, -0.25) is 14.1 Å². The highest BCUT2D eigenvalue weighted by Crippen LogP contribution is 2.25. The summed E-state index contributed by atoms with van der Waals surface area (Å²) in [6.45, 7) is 0. The van der Waals surface area contributed by atoms with Crippen LogP contribution in [0.5, 0.6) is 0 Å². The molecule has 124 valence electrons. The zero-order valence-corrected chi connectivity index (χ0v) is 14.8. The highest BCUT2D eigenvalue weighted by atomic mass is 35.5. The molecule has 6 nitrogen and oxygen atoms in total. The van der Waals surface area contributed by atoms with Gasteiger partial charge in [0, 0.05) is 0 Å². The van der Waals surface area contributed by atoms with E-state index in [1.165, 1.54) is 16.7 Å². The third-order valence-electron chi connectivity index (χ3n) is 3.31. The molecule has 0 amide bonds. The first-order valence-electron chi connectivity index (χ1n) is 6.78. The average molecular weight is 382 g/mol. The number of aromatic nitrogens is 2. The summed E-state index contributed by atoms with van der Waals surface area (Å²) in [5.74, 6) is 0. The maximum Gasteiger partial charge on any atom is 0.266 e. The molecule has 0 bridgehead atoms. The van der Waals surface area contributed by atoms with E-state index < -0.39 is 10.0 Å². The van der Waals surface area contributed by atoms with Crippen molar-refractivity contribution in [3.63, 3.8) is 0 Å². The maximum absolute atomic E-state index is 12.7. The number of nitrogens with one attached hydrogen (secondary N) is 2. The maximum atomic E-state index is 12.7. The van der Waals surface area contributed by atoms with Crippen LogP contribution in [0.1, 0.15) is 0 Å². The number of rotatable bonds is 3. The molecule has 0 aliphatic rings. The largest absolute Gasteiger partial charge is 0.331 e. The normalized spacial score (nSPS) is 11.6. The van der Waals surface area contributed by atoms with Crippen LogP contribution in [0, 0.1) is 4.77 Å². The van der Waals surface area contributed by atoms with Crippen molar-refractivity contribution in [3.05, 3.63) is 62.6 Å². The van der Waals surface area contributed by atoms with E-state index in [0.29, 0.717) is 16.6 Å². The molecule has 0 saturated carbocycles. The number of anilines is 1. The molecule has 0 fully saturated rings. The number of aromatic amines is 1. The Morgan fingerprint density at radius 3 is 2.58 bits per heavy atom. The molecule has 0 saturated heterocycles. The van der Waals surface area contributed by atoms with E-state index in [0.717, 1.165) is 6.26 Å². The van der Waals surface area contributed by atoms with Crippen LogP contribution in [0.3, 0.4) is 0 Å². The van der Waals surface area contributed by atoms with Crippen molar-refractivity contribution in [1.82, 2.24) is 9.55 Å². The molecule has 1 heterocycles. The summed E-state index contributed by atoms with van der Waals surface area (Å²) in [4.78, 5) is 15.7. The van der Waals surface area contributed by atoms with Crippen LogP contribution in [0.4, 0.5) is 5.69 Å². The predicted octanol–water partition coefficient (Wildman–Crippen LogP) is 3.07. The fraction of sp³-hybridized carbons (Fsp3) is 0.0667. The van der Waals surface area contributed by atoms with Gasteiger partial charge in [-0.1, -0.05) is 23.7 Å². The highest BCUT2D eigenvalue weighted by Gasteiger charge is 2.11. The Bertz CT molecular complexity index is 1170. The van der Waals surface area contributed by atoms with Crippen LogP contribution >= 0.6 is 23.8 Å². The number of sulfonamides is 1. The minimum absolute atomic E-state index is 0.160. The van der Waals surface area contributed by atoms with Gasteiger partial charge in [0.1, 0.15) is 0 Å². The highest BCUT2D eigenvalue weighted by molar-refractivity contribution is 7.92. The second-order valence-corrected chi connectivity index (χ2v) is 7.70. The van der Waals surface area contributed by atoms with Gasteiger partial charge in [-0.25, -0.2) is 8.42 Å². The minimum atomic E-state index is -3.45. The summed E-state index contributed by atoms with van der Waals surface area (Å²) in [7, 11) is -3.45. The Morgan fingerprint density at radius 1 is 1.21 bits per heavy atom. The van der Waals surface area contributed by atoms with Crippen LogP contribution in [-0.4, -0.2) is 24.2 Å². The lowest BCUT2D eigenvalue weighted by Crippen LogP contribution is -2.20. The second-order valence-electron chi connectivity index (χ2n) is 5.15. The molecule has 0 radical (unpaired) electrons. The minimum Gasteiger partial charge on any atom is -0.331 e. The molecular formula is C15H12ClN3O3S2. The number of fused-ring (bicyclic) bond motifs is 1. The predicted molar refractivity (Wildman–Crippen MR) is 98.2 cm³/mol. The van der Waals surface area contributed by atoms with Gasteiger partial charge in [0.2, 0.25) is 10.0 Å². The van der Waals surface area contributed by atoms with E-state index in [2.05, 4.69) is 9.71 Å². The van der Waals surface area contributed by atoms with E-state index in [-0.39, 0.29) is 21.0 Å². The summed E-state index contributed by atoms with van der Waals surface area (Å²) in [5, 5.41) is 0.646. The first kappa shape index (κ1) is 16.7. The first-order chi connectivity index (χ1) is 11.3. The molecule has 0 spiro atoms. The Morgan fingerprint density at radius 2 is 1.92 bits per heavy atom. The fourth-order valence-corrected chi connectivity index (χ4v) is 3.48. The first-order valence-corrected chi connectivity index (χ1v) is 9.46. The number of para-hydroxylation sites is 1. The van der Waals surface area contributed by atoms with Crippen molar-refractivity contribution in [2.75, 3.05) is 11.0 Å². The quantitative estimate of drug-likeness (QED) is 0.683. The molecular weight excluding hydrogens is 370 g/mol. The molecule has 0 aliphatic heterocycles. The summed E-state index contributed by atoms with van der Waals surface area (Å²) >= 11 is 11.4. The smallest absolute Gasteiger partial charge is 0.266 e. The molecule has 9 heteroatoms. The molecule has 0 atom stereocenters. The van der Waals surface area contributed by atoms with Crippen molar-refractivity contribution < 1.29 is 8.42 Å². The van der Waals surface area contributed by atoms with Crippen molar-refractivity contribution in [3.8, 4) is 5.69 Å². The van der Waals surface area contributed by atoms with Crippen LogP contribution in [0.25, 0.3) is 16.6 Å². The number of benzene rings is 2. The Balaban J connectivity index is 2.20. The molecule has 0 unspecified atom stereocenters. The lowest BCUT2D eigenvalue weighted by molar-refractivity contribution is 0.607. The summed E-state index contributed by atoms with van der Waals surface area (Å²) in [5.41, 5.74) is 1.03. The van der Waals surface area contributed by atoms with Crippen molar-refractivity contribution in [2.45, 2.75) is 0 Å². The van der Waals surface area contributed by atoms with Gasteiger partial charge in [-0.15, -0.1) is 0 Å². The Hall–Kier alpha value is -2.16. The van der Waals surface area contributed by atoms with Crippen LogP contribution in [0.2, 0.25) is 5.02 Å². The van der Waals surface area contributed by atoms with Gasteiger partial charge in [0.15, 0.2) is 4.77 Å². The molecule has 3 aromatic rings. The lowest BCUT2D eigenvalue weighted by Gasteiger charge is -2.11. The van der Waals surface area contributed by atoms with E-state index in [4.69, 9.17) is 23.8 Å². The summed E-state index contributed by atoms with van der Waals surface area (Å²) < 4.78 is 26.5. The van der Waals surface area contributed by atoms with E-state index in [9.17, 15) is 13.2 Å². The third-order valence-corrected chi connectivity index (χ3v) is 4.50. The monoisotopic (exact) mass is 381 g/mol. The number of hydrogen-bond acceptors (Lipinski definition) is 4. The van der Waals surface area contributed by atoms with Crippen molar-refractivity contribution >= 4 is 50.4 Å². The van der Waals surface area contributed by atoms with Gasteiger partial charge in [-0.05, 0) is 42.5 Å². The molecule has 2 aromatic carbocycles. The van der Waals surface area contributed by atoms with E-state index in [1.807, 2.05) is 0 Å². The van der Waals surface area contributed by atoms with Gasteiger partial charge in [0.05, 0.1) is 33.6 Å². The summed E-state index contributed by atoms with van der Waals surface area (Å²) in [6.07, 6.45) is 1.03. The fourth-order valence-electron chi connectivity index (χ4n) is 2.32. The number of halogens is 1.